The molecule has 1 aromatic carbocycles. The fourth-order valence-electron chi connectivity index (χ4n) is 2.88. The molecule has 0 aromatic heterocycles. The first-order valence-electron chi connectivity index (χ1n) is 7.42. The molecule has 2 N–H and O–H groups in total. The zero-order valence-corrected chi connectivity index (χ0v) is 13.4. The Morgan fingerprint density at radius 3 is 2.86 bits per heavy atom. The second kappa shape index (κ2) is 7.25. The first-order chi connectivity index (χ1) is 9.99. The summed E-state index contributed by atoms with van der Waals surface area (Å²) in [6.07, 6.45) is 3.62. The highest BCUT2D eigenvalue weighted by atomic mass is 35.5. The quantitative estimate of drug-likeness (QED) is 0.899. The number of hydrogen-bond donors (Lipinski definition) is 2. The standard InChI is InChI=1S/C16H23ClN2O2/c1-11-12(17)6-5-7-13(11)18-16(21)10-19(2)14-8-3-4-9-15(14)20/h5-7,14-15,20H,3-4,8-10H2,1-2H3,(H,18,21). The van der Waals surface area contributed by atoms with Gasteiger partial charge in [0.25, 0.3) is 0 Å². The van der Waals surface area contributed by atoms with Crippen molar-refractivity contribution in [1.29, 1.82) is 0 Å². The van der Waals surface area contributed by atoms with Gasteiger partial charge in [0.15, 0.2) is 0 Å². The minimum absolute atomic E-state index is 0.0740. The van der Waals surface area contributed by atoms with Crippen molar-refractivity contribution in [2.24, 2.45) is 0 Å². The molecule has 2 atom stereocenters. The molecule has 4 nitrogen and oxygen atoms in total. The van der Waals surface area contributed by atoms with Crippen molar-refractivity contribution < 1.29 is 9.90 Å². The molecule has 116 valence electrons. The van der Waals surface area contributed by atoms with E-state index < -0.39 is 0 Å². The van der Waals surface area contributed by atoms with Crippen molar-refractivity contribution in [1.82, 2.24) is 4.90 Å². The molecule has 5 heteroatoms. The van der Waals surface area contributed by atoms with Gasteiger partial charge in [-0.05, 0) is 44.5 Å². The highest BCUT2D eigenvalue weighted by Crippen LogP contribution is 2.24. The Kier molecular flexibility index (Phi) is 5.62. The molecule has 0 bridgehead atoms. The minimum Gasteiger partial charge on any atom is -0.391 e. The topological polar surface area (TPSA) is 52.6 Å². The summed E-state index contributed by atoms with van der Waals surface area (Å²) in [7, 11) is 1.89. The van der Waals surface area contributed by atoms with E-state index in [4.69, 9.17) is 11.6 Å². The summed E-state index contributed by atoms with van der Waals surface area (Å²) in [5, 5.41) is 13.6. The van der Waals surface area contributed by atoms with Gasteiger partial charge in [-0.1, -0.05) is 30.5 Å². The fraction of sp³-hybridized carbons (Fsp3) is 0.562. The van der Waals surface area contributed by atoms with Gasteiger partial charge in [-0.15, -0.1) is 0 Å². The van der Waals surface area contributed by atoms with E-state index in [1.54, 1.807) is 6.07 Å². The third-order valence-electron chi connectivity index (χ3n) is 4.19. The summed E-state index contributed by atoms with van der Waals surface area (Å²) in [6, 6.07) is 5.54. The lowest BCUT2D eigenvalue weighted by Crippen LogP contribution is -2.46. The predicted molar refractivity (Wildman–Crippen MR) is 85.7 cm³/mol. The largest absolute Gasteiger partial charge is 0.391 e. The van der Waals surface area contributed by atoms with E-state index in [1.807, 2.05) is 31.0 Å². The SMILES string of the molecule is Cc1c(Cl)cccc1NC(=O)CN(C)C1CCCCC1O. The fourth-order valence-corrected chi connectivity index (χ4v) is 3.06. The van der Waals surface area contributed by atoms with Gasteiger partial charge in [0.2, 0.25) is 5.91 Å². The summed E-state index contributed by atoms with van der Waals surface area (Å²) in [6.45, 7) is 2.15. The molecule has 1 aliphatic rings. The Hall–Kier alpha value is -1.10. The molecule has 0 radical (unpaired) electrons. The zero-order valence-electron chi connectivity index (χ0n) is 12.6. The Labute approximate surface area is 131 Å². The number of benzene rings is 1. The Balaban J connectivity index is 1.93. The number of nitrogens with one attached hydrogen (secondary N) is 1. The van der Waals surface area contributed by atoms with E-state index in [1.165, 1.54) is 0 Å². The van der Waals surface area contributed by atoms with Gasteiger partial charge in [-0.2, -0.15) is 0 Å². The molecule has 1 saturated carbocycles. The van der Waals surface area contributed by atoms with Crippen LogP contribution in [0.4, 0.5) is 5.69 Å². The molecular formula is C16H23ClN2O2. The maximum Gasteiger partial charge on any atom is 0.238 e. The number of nitrogens with zero attached hydrogens (tertiary/aromatic N) is 1. The Morgan fingerprint density at radius 1 is 1.43 bits per heavy atom. The van der Waals surface area contributed by atoms with Crippen molar-refractivity contribution in [3.05, 3.63) is 28.8 Å². The van der Waals surface area contributed by atoms with Crippen molar-refractivity contribution in [2.75, 3.05) is 18.9 Å². The number of aliphatic hydroxyl groups is 1. The van der Waals surface area contributed by atoms with Crippen LogP contribution >= 0.6 is 11.6 Å². The van der Waals surface area contributed by atoms with Crippen LogP contribution in [0.25, 0.3) is 0 Å². The highest BCUT2D eigenvalue weighted by Gasteiger charge is 2.27. The summed E-state index contributed by atoms with van der Waals surface area (Å²) < 4.78 is 0. The van der Waals surface area contributed by atoms with E-state index in [-0.39, 0.29) is 24.6 Å². The van der Waals surface area contributed by atoms with Crippen molar-refractivity contribution in [3.63, 3.8) is 0 Å². The maximum atomic E-state index is 12.2. The summed E-state index contributed by atoms with van der Waals surface area (Å²) in [4.78, 5) is 14.1. The van der Waals surface area contributed by atoms with Gasteiger partial charge >= 0.3 is 0 Å². The maximum absolute atomic E-state index is 12.2. The molecule has 1 aliphatic carbocycles. The van der Waals surface area contributed by atoms with E-state index in [2.05, 4.69) is 5.32 Å². The van der Waals surface area contributed by atoms with Crippen LogP contribution in [-0.4, -0.2) is 41.7 Å². The van der Waals surface area contributed by atoms with Gasteiger partial charge in [0, 0.05) is 16.8 Å². The van der Waals surface area contributed by atoms with E-state index in [0.717, 1.165) is 36.9 Å². The third kappa shape index (κ3) is 4.19. The number of carbonyl (C=O) groups excluding carboxylic acids is 1. The van der Waals surface area contributed by atoms with E-state index >= 15 is 0 Å². The van der Waals surface area contributed by atoms with Gasteiger partial charge in [0.05, 0.1) is 12.6 Å². The Bertz CT molecular complexity index is 507. The number of aliphatic hydroxyl groups excluding tert-OH is 1. The minimum atomic E-state index is -0.329. The van der Waals surface area contributed by atoms with Gasteiger partial charge in [0.1, 0.15) is 0 Å². The number of rotatable bonds is 4. The number of halogens is 1. The van der Waals surface area contributed by atoms with Crippen molar-refractivity contribution >= 4 is 23.2 Å². The van der Waals surface area contributed by atoms with Crippen LogP contribution in [0.2, 0.25) is 5.02 Å². The molecule has 21 heavy (non-hydrogen) atoms. The monoisotopic (exact) mass is 310 g/mol. The van der Waals surface area contributed by atoms with Gasteiger partial charge in [-0.25, -0.2) is 0 Å². The van der Waals surface area contributed by atoms with E-state index in [0.29, 0.717) is 5.02 Å². The number of hydrogen-bond acceptors (Lipinski definition) is 3. The van der Waals surface area contributed by atoms with Crippen LogP contribution < -0.4 is 5.32 Å². The van der Waals surface area contributed by atoms with Crippen molar-refractivity contribution in [2.45, 2.75) is 44.8 Å². The van der Waals surface area contributed by atoms with Gasteiger partial charge < -0.3 is 10.4 Å². The average Bonchev–Trinajstić information content (AvgIpc) is 2.44. The first-order valence-corrected chi connectivity index (χ1v) is 7.80. The summed E-state index contributed by atoms with van der Waals surface area (Å²) in [5.74, 6) is -0.0827. The van der Waals surface area contributed by atoms with Crippen LogP contribution in [0, 0.1) is 6.92 Å². The predicted octanol–water partition coefficient (Wildman–Crippen LogP) is 2.82. The Morgan fingerprint density at radius 2 is 2.14 bits per heavy atom. The molecule has 0 spiro atoms. The lowest BCUT2D eigenvalue weighted by atomic mass is 9.91. The van der Waals surface area contributed by atoms with E-state index in [9.17, 15) is 9.90 Å². The number of likely N-dealkylation sites (N-methyl/N-ethyl adjacent to an activating group) is 1. The van der Waals surface area contributed by atoms with Crippen LogP contribution in [0.3, 0.4) is 0 Å². The summed E-state index contributed by atoms with van der Waals surface area (Å²) >= 11 is 6.05. The van der Waals surface area contributed by atoms with Crippen LogP contribution in [0.1, 0.15) is 31.2 Å². The molecule has 0 saturated heterocycles. The second-order valence-corrected chi connectivity index (χ2v) is 6.20. The molecule has 1 fully saturated rings. The van der Waals surface area contributed by atoms with Gasteiger partial charge in [-0.3, -0.25) is 9.69 Å². The number of anilines is 1. The first kappa shape index (κ1) is 16.3. The zero-order chi connectivity index (χ0) is 15.4. The molecule has 0 heterocycles. The number of amides is 1. The second-order valence-electron chi connectivity index (χ2n) is 5.79. The molecule has 1 amide bonds. The molecule has 2 rings (SSSR count). The normalized spacial score (nSPS) is 22.3. The smallest absolute Gasteiger partial charge is 0.238 e. The lowest BCUT2D eigenvalue weighted by molar-refractivity contribution is -0.118. The molecular weight excluding hydrogens is 288 g/mol. The lowest BCUT2D eigenvalue weighted by Gasteiger charge is -2.34. The summed E-state index contributed by atoms with van der Waals surface area (Å²) in [5.41, 5.74) is 1.61. The van der Waals surface area contributed by atoms with Crippen LogP contribution in [0.15, 0.2) is 18.2 Å². The number of carbonyl (C=O) groups is 1. The molecule has 2 unspecified atom stereocenters. The van der Waals surface area contributed by atoms with Crippen molar-refractivity contribution in [3.8, 4) is 0 Å². The molecule has 1 aromatic rings. The molecule has 0 aliphatic heterocycles. The average molecular weight is 311 g/mol. The van der Waals surface area contributed by atoms with Crippen LogP contribution in [-0.2, 0) is 4.79 Å². The third-order valence-corrected chi connectivity index (χ3v) is 4.60. The highest BCUT2D eigenvalue weighted by molar-refractivity contribution is 6.31. The van der Waals surface area contributed by atoms with Crippen LogP contribution in [0.5, 0.6) is 0 Å².